The Labute approximate surface area is 293 Å². The number of benzene rings is 1. The van der Waals surface area contributed by atoms with Crippen LogP contribution in [0.3, 0.4) is 0 Å². The van der Waals surface area contributed by atoms with Gasteiger partial charge in [-0.1, -0.05) is 49.3 Å². The zero-order valence-corrected chi connectivity index (χ0v) is 28.9. The van der Waals surface area contributed by atoms with Crippen LogP contribution in [0.5, 0.6) is 0 Å². The molecule has 0 unspecified atom stereocenters. The molecule has 0 aliphatic carbocycles. The van der Waals surface area contributed by atoms with E-state index in [1.807, 2.05) is 44.2 Å². The molecular formula is C35H40N8O8. The Morgan fingerprint density at radius 2 is 1.65 bits per heavy atom. The van der Waals surface area contributed by atoms with Gasteiger partial charge in [0.15, 0.2) is 11.4 Å². The van der Waals surface area contributed by atoms with Crippen molar-refractivity contribution >= 4 is 29.5 Å². The summed E-state index contributed by atoms with van der Waals surface area (Å²) < 4.78 is 16.5. The van der Waals surface area contributed by atoms with E-state index in [0.717, 1.165) is 5.56 Å². The number of aryl methyl sites for hydroxylation is 2. The molecule has 51 heavy (non-hydrogen) atoms. The number of aromatic nitrogens is 3. The number of rotatable bonds is 6. The Bertz CT molecular complexity index is 1910. The van der Waals surface area contributed by atoms with Crippen LogP contribution in [0.15, 0.2) is 56.2 Å². The van der Waals surface area contributed by atoms with Crippen molar-refractivity contribution in [2.45, 2.75) is 84.1 Å². The first-order valence-electron chi connectivity index (χ1n) is 16.8. The van der Waals surface area contributed by atoms with E-state index in [2.05, 4.69) is 36.4 Å². The fraction of sp³-hybridized carbons (Fsp3) is 0.429. The van der Waals surface area contributed by atoms with Crippen LogP contribution in [0, 0.1) is 19.8 Å². The van der Waals surface area contributed by atoms with Crippen LogP contribution < -0.4 is 21.3 Å². The number of amides is 5. The second-order valence-electron chi connectivity index (χ2n) is 13.4. The summed E-state index contributed by atoms with van der Waals surface area (Å²) in [5, 5.41) is 15.3. The fourth-order valence-corrected chi connectivity index (χ4v) is 6.39. The van der Waals surface area contributed by atoms with Crippen LogP contribution in [-0.4, -0.2) is 74.2 Å². The van der Waals surface area contributed by atoms with E-state index in [0.29, 0.717) is 17.9 Å². The standard InChI is InChI=1S/C35H40N8O8/c1-17(2)11-23-29(44)36-19(4)33-41-26(16-49-33)35(48)43-14-22(37-32(47)28-18(3)42-51-20(28)5)13-27(43)31(46)39-24(12-21-9-7-6-8-10-21)34-40-25(15-50-34)30(45)38-23/h6-10,15-17,19,22-24,27H,11-14H2,1-5H3,(H,36,44)(H,37,47)(H,38,45)(H,39,46)/t19-,22+,23-,24+,27+/m1/s1. The lowest BCUT2D eigenvalue weighted by atomic mass is 10.0. The van der Waals surface area contributed by atoms with Gasteiger partial charge in [-0.25, -0.2) is 9.97 Å². The van der Waals surface area contributed by atoms with Crippen molar-refractivity contribution in [2.75, 3.05) is 6.54 Å². The summed E-state index contributed by atoms with van der Waals surface area (Å²) in [6, 6.07) is 5.05. The summed E-state index contributed by atoms with van der Waals surface area (Å²) in [7, 11) is 0. The highest BCUT2D eigenvalue weighted by molar-refractivity contribution is 5.99. The average Bonchev–Trinajstić information content (AvgIpc) is 3.91. The van der Waals surface area contributed by atoms with Gasteiger partial charge in [-0.2, -0.15) is 0 Å². The van der Waals surface area contributed by atoms with Crippen molar-refractivity contribution in [3.05, 3.63) is 88.6 Å². The number of oxazole rings is 2. The monoisotopic (exact) mass is 700 g/mol. The predicted molar refractivity (Wildman–Crippen MR) is 178 cm³/mol. The lowest BCUT2D eigenvalue weighted by molar-refractivity contribution is -0.126. The van der Waals surface area contributed by atoms with Crippen molar-refractivity contribution in [2.24, 2.45) is 5.92 Å². The highest BCUT2D eigenvalue weighted by Gasteiger charge is 2.43. The van der Waals surface area contributed by atoms with E-state index < -0.39 is 59.7 Å². The molecule has 0 radical (unpaired) electrons. The number of carbonyl (C=O) groups is 5. The molecule has 16 nitrogen and oxygen atoms in total. The van der Waals surface area contributed by atoms with Crippen molar-refractivity contribution < 1.29 is 37.3 Å². The van der Waals surface area contributed by atoms with Crippen LogP contribution in [0.2, 0.25) is 0 Å². The molecule has 4 bridgehead atoms. The maximum Gasteiger partial charge on any atom is 0.276 e. The molecule has 268 valence electrons. The van der Waals surface area contributed by atoms with Gasteiger partial charge in [0, 0.05) is 19.0 Å². The van der Waals surface area contributed by atoms with Gasteiger partial charge < -0.3 is 39.5 Å². The van der Waals surface area contributed by atoms with Gasteiger partial charge in [-0.15, -0.1) is 0 Å². The molecule has 5 amide bonds. The van der Waals surface area contributed by atoms with Crippen molar-refractivity contribution in [3.63, 3.8) is 0 Å². The maximum absolute atomic E-state index is 14.2. The minimum absolute atomic E-state index is 0.0237. The summed E-state index contributed by atoms with van der Waals surface area (Å²) in [6.07, 6.45) is 2.97. The van der Waals surface area contributed by atoms with Crippen LogP contribution >= 0.6 is 0 Å². The van der Waals surface area contributed by atoms with E-state index in [1.54, 1.807) is 20.8 Å². The van der Waals surface area contributed by atoms with E-state index >= 15 is 0 Å². The zero-order chi connectivity index (χ0) is 36.4. The molecule has 1 aromatic carbocycles. The smallest absolute Gasteiger partial charge is 0.276 e. The average molecular weight is 701 g/mol. The van der Waals surface area contributed by atoms with E-state index in [-0.39, 0.29) is 54.0 Å². The Morgan fingerprint density at radius 1 is 0.941 bits per heavy atom. The number of hydrogen-bond acceptors (Lipinski definition) is 11. The van der Waals surface area contributed by atoms with Crippen molar-refractivity contribution in [3.8, 4) is 0 Å². The number of fused-ring (bicyclic) bond motifs is 5. The van der Waals surface area contributed by atoms with E-state index in [4.69, 9.17) is 13.4 Å². The lowest BCUT2D eigenvalue weighted by Gasteiger charge is -2.25. The highest BCUT2D eigenvalue weighted by Crippen LogP contribution is 2.26. The predicted octanol–water partition coefficient (Wildman–Crippen LogP) is 2.72. The minimum atomic E-state index is -1.06. The first-order valence-corrected chi connectivity index (χ1v) is 16.8. The third-order valence-electron chi connectivity index (χ3n) is 8.91. The van der Waals surface area contributed by atoms with Crippen molar-refractivity contribution in [1.29, 1.82) is 0 Å². The first-order chi connectivity index (χ1) is 24.4. The van der Waals surface area contributed by atoms with Gasteiger partial charge in [0.25, 0.3) is 17.7 Å². The first kappa shape index (κ1) is 35.0. The number of nitrogens with one attached hydrogen (secondary N) is 4. The largest absolute Gasteiger partial charge is 0.446 e. The van der Waals surface area contributed by atoms with Gasteiger partial charge in [0.05, 0.1) is 5.69 Å². The second-order valence-corrected chi connectivity index (χ2v) is 13.4. The number of nitrogens with zero attached hydrogens (tertiary/aromatic N) is 4. The highest BCUT2D eigenvalue weighted by atomic mass is 16.5. The molecule has 16 heteroatoms. The summed E-state index contributed by atoms with van der Waals surface area (Å²) in [4.78, 5) is 78.5. The minimum Gasteiger partial charge on any atom is -0.446 e. The Balaban J connectivity index is 1.36. The molecule has 5 heterocycles. The maximum atomic E-state index is 14.2. The summed E-state index contributed by atoms with van der Waals surface area (Å²) in [5.41, 5.74) is 1.36. The molecule has 0 saturated carbocycles. The molecule has 2 aliphatic rings. The topological polar surface area (TPSA) is 215 Å². The van der Waals surface area contributed by atoms with Gasteiger partial charge >= 0.3 is 0 Å². The number of carbonyl (C=O) groups excluding carboxylic acids is 5. The third kappa shape index (κ3) is 7.69. The SMILES string of the molecule is Cc1noc(C)c1C(=O)N[C@H]1C[C@H]2C(=O)N[C@@H](Cc3ccccc3)c3nc(co3)C(=O)N[C@H](CC(C)C)C(=O)N[C@H](C)c3nc(co3)C(=O)N2C1. The lowest BCUT2D eigenvalue weighted by Crippen LogP contribution is -2.48. The third-order valence-corrected chi connectivity index (χ3v) is 8.91. The molecule has 6 rings (SSSR count). The van der Waals surface area contributed by atoms with Gasteiger partial charge in [-0.05, 0) is 45.1 Å². The molecule has 2 aliphatic heterocycles. The zero-order valence-electron chi connectivity index (χ0n) is 28.9. The summed E-state index contributed by atoms with van der Waals surface area (Å²) in [6.45, 7) is 8.72. The Kier molecular flexibility index (Phi) is 10.0. The Morgan fingerprint density at radius 3 is 2.35 bits per heavy atom. The number of hydrogen-bond donors (Lipinski definition) is 4. The molecule has 4 aromatic rings. The van der Waals surface area contributed by atoms with Crippen LogP contribution in [0.4, 0.5) is 0 Å². The molecule has 4 N–H and O–H groups in total. The van der Waals surface area contributed by atoms with E-state index in [9.17, 15) is 24.0 Å². The summed E-state index contributed by atoms with van der Waals surface area (Å²) >= 11 is 0. The fourth-order valence-electron chi connectivity index (χ4n) is 6.39. The van der Waals surface area contributed by atoms with Crippen molar-refractivity contribution in [1.82, 2.24) is 41.3 Å². The van der Waals surface area contributed by atoms with E-state index in [1.165, 1.54) is 17.4 Å². The molecule has 5 atom stereocenters. The van der Waals surface area contributed by atoms with Gasteiger partial charge in [-0.3, -0.25) is 24.0 Å². The normalized spacial score (nSPS) is 22.9. The summed E-state index contributed by atoms with van der Waals surface area (Å²) in [5.74, 6) is -2.22. The van der Waals surface area contributed by atoms with Crippen LogP contribution in [0.25, 0.3) is 0 Å². The molecule has 1 saturated heterocycles. The molecular weight excluding hydrogens is 660 g/mol. The Hall–Kier alpha value is -5.80. The molecule has 3 aromatic heterocycles. The quantitative estimate of drug-likeness (QED) is 0.229. The van der Waals surface area contributed by atoms with Crippen LogP contribution in [0.1, 0.15) is 106 Å². The molecule has 1 fully saturated rings. The van der Waals surface area contributed by atoms with Gasteiger partial charge in [0.2, 0.25) is 23.6 Å². The van der Waals surface area contributed by atoms with Crippen LogP contribution in [-0.2, 0) is 16.0 Å². The molecule has 0 spiro atoms. The second kappa shape index (κ2) is 14.6. The van der Waals surface area contributed by atoms with Gasteiger partial charge in [0.1, 0.15) is 48.0 Å².